The van der Waals surface area contributed by atoms with E-state index in [1.807, 2.05) is 0 Å². The molecule has 66 heavy (non-hydrogen) atoms. The van der Waals surface area contributed by atoms with Crippen LogP contribution in [-0.4, -0.2) is 167 Å². The number of nitrogens with one attached hydrogen (secondary N) is 7. The lowest BCUT2D eigenvalue weighted by Gasteiger charge is -2.25. The molecule has 6 amide bonds. The van der Waals surface area contributed by atoms with Crippen LogP contribution in [0, 0.1) is 20.8 Å². The molecule has 3 heterocycles. The van der Waals surface area contributed by atoms with E-state index in [1.165, 1.54) is 27.0 Å². The number of amides is 6. The van der Waals surface area contributed by atoms with Gasteiger partial charge in [0, 0.05) is 81.1 Å². The number of aromatic nitrogens is 6. The first kappa shape index (κ1) is 53.3. The molecule has 9 N–H and O–H groups in total. The van der Waals surface area contributed by atoms with E-state index in [0.29, 0.717) is 0 Å². The zero-order valence-corrected chi connectivity index (χ0v) is 37.6. The minimum absolute atomic E-state index is 0.0381. The normalized spacial score (nSPS) is 11.1. The fourth-order valence-electron chi connectivity index (χ4n) is 5.93. The number of carbonyl (C=O) groups excluding carboxylic acids is 6. The summed E-state index contributed by atoms with van der Waals surface area (Å²) in [7, 11) is -2.72. The van der Waals surface area contributed by atoms with E-state index >= 15 is 0 Å². The van der Waals surface area contributed by atoms with Crippen molar-refractivity contribution in [1.82, 2.24) is 64.6 Å². The number of likely N-dealkylation sites (N-methyl/N-ethyl adjacent to an activating group) is 1. The molecule has 3 rings (SSSR count). The van der Waals surface area contributed by atoms with Gasteiger partial charge in [0.2, 0.25) is 35.4 Å². The molecule has 29 heteroatoms. The van der Waals surface area contributed by atoms with Gasteiger partial charge in [0.1, 0.15) is 19.6 Å². The molecule has 3 aromatic rings. The number of aromatic amines is 3. The van der Waals surface area contributed by atoms with Crippen LogP contribution in [-0.2, 0) is 53.0 Å². The van der Waals surface area contributed by atoms with Gasteiger partial charge in [-0.3, -0.25) is 76.4 Å². The molecule has 28 nitrogen and oxygen atoms in total. The molecular formula is C37H54N13O15P. The molecule has 0 aliphatic heterocycles. The summed E-state index contributed by atoms with van der Waals surface area (Å²) in [5, 5.41) is 10.3. The van der Waals surface area contributed by atoms with Crippen molar-refractivity contribution >= 4 is 43.0 Å². The minimum Gasteiger partial charge on any atom is -0.355 e. The van der Waals surface area contributed by atoms with Gasteiger partial charge in [0.05, 0.1) is 25.8 Å². The van der Waals surface area contributed by atoms with Gasteiger partial charge in [-0.1, -0.05) is 0 Å². The van der Waals surface area contributed by atoms with Gasteiger partial charge >= 0.3 is 24.7 Å². The second kappa shape index (κ2) is 24.9. The molecule has 0 saturated heterocycles. The number of hydrogen-bond donors (Lipinski definition) is 9. The maximum Gasteiger partial charge on any atom is 0.328 e. The zero-order valence-electron chi connectivity index (χ0n) is 36.7. The molecule has 0 spiro atoms. The Morgan fingerprint density at radius 2 is 0.848 bits per heavy atom. The number of hydrogen-bond acceptors (Lipinski definition) is 14. The largest absolute Gasteiger partial charge is 0.355 e. The Morgan fingerprint density at radius 1 is 0.545 bits per heavy atom. The fraction of sp³-hybridized carbons (Fsp3) is 0.514. The Hall–Kier alpha value is -7.03. The molecule has 0 aliphatic rings. The highest BCUT2D eigenvalue weighted by molar-refractivity contribution is 7.51. The molecular weight excluding hydrogens is 897 g/mol. The Morgan fingerprint density at radius 3 is 1.15 bits per heavy atom. The van der Waals surface area contributed by atoms with Crippen LogP contribution >= 0.6 is 7.60 Å². The number of carbonyl (C=O) groups is 6. The predicted molar refractivity (Wildman–Crippen MR) is 232 cm³/mol. The lowest BCUT2D eigenvalue weighted by atomic mass is 10.3. The number of H-pyrrole nitrogens is 3. The number of nitrogens with zero attached hydrogens (tertiary/aromatic N) is 6. The first-order valence-corrected chi connectivity index (χ1v) is 22.0. The lowest BCUT2D eigenvalue weighted by Crippen LogP contribution is -2.50. The molecule has 0 fully saturated rings. The van der Waals surface area contributed by atoms with Crippen LogP contribution in [0.15, 0.2) is 47.4 Å². The first-order chi connectivity index (χ1) is 31.0. The van der Waals surface area contributed by atoms with Gasteiger partial charge in [-0.05, 0) is 34.2 Å². The van der Waals surface area contributed by atoms with Gasteiger partial charge in [0.15, 0.2) is 0 Å². The summed E-state index contributed by atoms with van der Waals surface area (Å²) in [5.41, 5.74) is -4.25. The monoisotopic (exact) mass is 951 g/mol. The molecule has 0 aliphatic carbocycles. The number of rotatable bonds is 25. The average molecular weight is 952 g/mol. The highest BCUT2D eigenvalue weighted by Gasteiger charge is 2.23. The summed E-state index contributed by atoms with van der Waals surface area (Å²) in [6.07, 6.45) is 2.89. The van der Waals surface area contributed by atoms with Crippen molar-refractivity contribution in [1.29, 1.82) is 0 Å². The van der Waals surface area contributed by atoms with Crippen LogP contribution in [0.2, 0.25) is 0 Å². The summed E-state index contributed by atoms with van der Waals surface area (Å²) in [4.78, 5) is 180. The minimum atomic E-state index is -4.34. The fourth-order valence-corrected chi connectivity index (χ4v) is 6.50. The van der Waals surface area contributed by atoms with Crippen molar-refractivity contribution in [3.63, 3.8) is 0 Å². The summed E-state index contributed by atoms with van der Waals surface area (Å²) < 4.78 is 14.0. The molecule has 0 aromatic carbocycles. The average Bonchev–Trinajstić information content (AvgIpc) is 3.22. The Balaban J connectivity index is 1.74. The van der Waals surface area contributed by atoms with Crippen molar-refractivity contribution in [3.8, 4) is 0 Å². The summed E-state index contributed by atoms with van der Waals surface area (Å²) >= 11 is 0. The van der Waals surface area contributed by atoms with Crippen molar-refractivity contribution < 1.29 is 43.1 Å². The topological polar surface area (TPSA) is 382 Å². The van der Waals surface area contributed by atoms with E-state index < -0.39 is 122 Å². The molecule has 0 radical (unpaired) electrons. The van der Waals surface area contributed by atoms with E-state index in [9.17, 15) is 62.1 Å². The second-order valence-corrected chi connectivity index (χ2v) is 16.7. The summed E-state index contributed by atoms with van der Waals surface area (Å²) in [6, 6.07) is 0. The molecule has 0 bridgehead atoms. The van der Waals surface area contributed by atoms with Crippen LogP contribution < -0.4 is 55.0 Å². The molecule has 3 aromatic heterocycles. The highest BCUT2D eigenvalue weighted by Crippen LogP contribution is 2.34. The summed E-state index contributed by atoms with van der Waals surface area (Å²) in [6.45, 7) is -0.453. The maximum absolute atomic E-state index is 13.6. The van der Waals surface area contributed by atoms with E-state index in [2.05, 4.69) is 36.2 Å². The quantitative estimate of drug-likeness (QED) is 0.0282. The van der Waals surface area contributed by atoms with Crippen molar-refractivity contribution in [3.05, 3.63) is 97.8 Å². The highest BCUT2D eigenvalue weighted by atomic mass is 31.2. The maximum atomic E-state index is 13.6. The van der Waals surface area contributed by atoms with Crippen molar-refractivity contribution in [2.45, 2.75) is 46.8 Å². The van der Waals surface area contributed by atoms with Gasteiger partial charge in [0.25, 0.3) is 16.7 Å². The smallest absolute Gasteiger partial charge is 0.328 e. The van der Waals surface area contributed by atoms with Crippen LogP contribution in [0.1, 0.15) is 23.1 Å². The third kappa shape index (κ3) is 17.5. The van der Waals surface area contributed by atoms with Crippen molar-refractivity contribution in [2.24, 2.45) is 0 Å². The second-order valence-electron chi connectivity index (χ2n) is 14.9. The van der Waals surface area contributed by atoms with Crippen molar-refractivity contribution in [2.75, 3.05) is 78.7 Å². The standard InChI is InChI=1S/C37H54N13O15P/c1-23-14-48(35(60)42-32(23)57)20-29(54)45(10-7-38-4)18-27(52)40-9-12-47(31(56)22-50-16-25(3)34(59)44-37(50)62)19-28(53)41-8-11-46(17-26(51)39-6-5-13-66(63,64)65)30(55)21-49-15-24(2)33(58)43-36(49)61/h14-16,38H,5-13,17-22H2,1-4H3,(H,39,51)(H,40,52)(H,41,53)(H,42,57,60)(H,43,58,61)(H,44,59,62)(H2,63,64,65). The SMILES string of the molecule is CNCCN(CC(=O)NCCN(CC(=O)NCCN(CC(=O)NCCCP(=O)(O)O)C(=O)Cn1cc(C)c(=O)[nH]c1=O)C(=O)Cn1cc(C)c(=O)[nH]c1=O)C(=O)Cn1cc(C)c(=O)[nH]c1=O. The zero-order chi connectivity index (χ0) is 49.3. The Bertz CT molecular complexity index is 2680. The van der Waals surface area contributed by atoms with Gasteiger partial charge in [-0.15, -0.1) is 0 Å². The third-order valence-corrected chi connectivity index (χ3v) is 10.4. The van der Waals surface area contributed by atoms with Crippen LogP contribution in [0.25, 0.3) is 0 Å². The molecule has 0 unspecified atom stereocenters. The van der Waals surface area contributed by atoms with Gasteiger partial charge in [-0.25, -0.2) is 14.4 Å². The first-order valence-electron chi connectivity index (χ1n) is 20.2. The van der Waals surface area contributed by atoms with E-state index in [1.54, 1.807) is 7.05 Å². The van der Waals surface area contributed by atoms with Crippen LogP contribution in [0.4, 0.5) is 0 Å². The molecule has 0 atom stereocenters. The molecule has 362 valence electrons. The van der Waals surface area contributed by atoms with Crippen LogP contribution in [0.3, 0.4) is 0 Å². The van der Waals surface area contributed by atoms with E-state index in [-0.39, 0.29) is 68.9 Å². The number of aryl methyl sites for hydroxylation is 3. The lowest BCUT2D eigenvalue weighted by molar-refractivity contribution is -0.138. The Kier molecular flexibility index (Phi) is 20.1. The third-order valence-electron chi connectivity index (χ3n) is 9.53. The van der Waals surface area contributed by atoms with Crippen LogP contribution in [0.5, 0.6) is 0 Å². The van der Waals surface area contributed by atoms with E-state index in [0.717, 1.165) is 40.8 Å². The predicted octanol–water partition coefficient (Wildman–Crippen LogP) is -6.82. The molecule has 0 saturated carbocycles. The van der Waals surface area contributed by atoms with Gasteiger partial charge in [-0.2, -0.15) is 0 Å². The van der Waals surface area contributed by atoms with Gasteiger partial charge < -0.3 is 45.8 Å². The summed E-state index contributed by atoms with van der Waals surface area (Å²) in [5.74, 6) is -4.49. The Labute approximate surface area is 373 Å². The van der Waals surface area contributed by atoms with E-state index in [4.69, 9.17) is 9.79 Å².